The zero-order valence-electron chi connectivity index (χ0n) is 13.7. The minimum Gasteiger partial charge on any atom is -0.491 e. The lowest BCUT2D eigenvalue weighted by Gasteiger charge is -2.28. The fourth-order valence-corrected chi connectivity index (χ4v) is 2.94. The molecule has 3 rings (SSSR count). The van der Waals surface area contributed by atoms with Crippen LogP contribution >= 0.6 is 24.8 Å². The van der Waals surface area contributed by atoms with Crippen LogP contribution in [0.4, 0.5) is 0 Å². The van der Waals surface area contributed by atoms with Gasteiger partial charge in [-0.15, -0.1) is 24.8 Å². The molecule has 1 aliphatic rings. The molecular formula is C18H26Cl2N2O. The Morgan fingerprint density at radius 3 is 2.43 bits per heavy atom. The Balaban J connectivity index is 0.00000132. The second kappa shape index (κ2) is 9.33. The summed E-state index contributed by atoms with van der Waals surface area (Å²) in [7, 11) is 0. The van der Waals surface area contributed by atoms with E-state index in [-0.39, 0.29) is 30.9 Å². The number of fused-ring (bicyclic) bond motifs is 1. The highest BCUT2D eigenvalue weighted by molar-refractivity contribution is 5.87. The van der Waals surface area contributed by atoms with E-state index in [4.69, 9.17) is 4.74 Å². The molecule has 2 aromatic rings. The van der Waals surface area contributed by atoms with Crippen LogP contribution in [0.5, 0.6) is 5.75 Å². The molecule has 0 bridgehead atoms. The van der Waals surface area contributed by atoms with Gasteiger partial charge in [0.15, 0.2) is 0 Å². The Morgan fingerprint density at radius 1 is 1.04 bits per heavy atom. The van der Waals surface area contributed by atoms with Crippen LogP contribution in [0.1, 0.15) is 19.4 Å². The molecule has 1 fully saturated rings. The Labute approximate surface area is 151 Å². The first-order valence-corrected chi connectivity index (χ1v) is 7.84. The van der Waals surface area contributed by atoms with Crippen molar-refractivity contribution in [1.82, 2.24) is 10.2 Å². The number of ether oxygens (including phenoxy) is 1. The zero-order valence-corrected chi connectivity index (χ0v) is 15.4. The lowest BCUT2D eigenvalue weighted by molar-refractivity contribution is 0.215. The maximum atomic E-state index is 6.05. The van der Waals surface area contributed by atoms with Crippen LogP contribution < -0.4 is 10.1 Å². The van der Waals surface area contributed by atoms with Crippen molar-refractivity contribution in [3.05, 3.63) is 42.0 Å². The number of hydrogen-bond donors (Lipinski definition) is 1. The van der Waals surface area contributed by atoms with E-state index in [2.05, 4.69) is 60.5 Å². The van der Waals surface area contributed by atoms with Gasteiger partial charge >= 0.3 is 0 Å². The Hall–Kier alpha value is -1.00. The molecule has 1 heterocycles. The first kappa shape index (κ1) is 20.0. The highest BCUT2D eigenvalue weighted by atomic mass is 35.5. The van der Waals surface area contributed by atoms with Crippen LogP contribution in [0.15, 0.2) is 36.4 Å². The van der Waals surface area contributed by atoms with E-state index < -0.39 is 0 Å². The predicted octanol–water partition coefficient (Wildman–Crippen LogP) is 3.88. The Kier molecular flexibility index (Phi) is 8.13. The van der Waals surface area contributed by atoms with E-state index in [0.29, 0.717) is 0 Å². The minimum absolute atomic E-state index is 0. The highest BCUT2D eigenvalue weighted by Gasteiger charge is 2.16. The van der Waals surface area contributed by atoms with E-state index in [9.17, 15) is 0 Å². The molecule has 0 unspecified atom stereocenters. The van der Waals surface area contributed by atoms with Gasteiger partial charge in [-0.25, -0.2) is 0 Å². The third-order valence-electron chi connectivity index (χ3n) is 3.95. The van der Waals surface area contributed by atoms with Crippen LogP contribution in [0.25, 0.3) is 10.8 Å². The second-order valence-corrected chi connectivity index (χ2v) is 5.96. The van der Waals surface area contributed by atoms with Gasteiger partial charge in [-0.05, 0) is 30.7 Å². The average Bonchev–Trinajstić information content (AvgIpc) is 2.50. The summed E-state index contributed by atoms with van der Waals surface area (Å²) < 4.78 is 6.05. The van der Waals surface area contributed by atoms with E-state index in [1.54, 1.807) is 0 Å². The van der Waals surface area contributed by atoms with Crippen molar-refractivity contribution in [2.45, 2.75) is 26.5 Å². The first-order valence-electron chi connectivity index (χ1n) is 7.84. The quantitative estimate of drug-likeness (QED) is 0.899. The molecule has 2 aromatic carbocycles. The summed E-state index contributed by atoms with van der Waals surface area (Å²) in [6.07, 6.45) is 0.202. The monoisotopic (exact) mass is 356 g/mol. The molecular weight excluding hydrogens is 331 g/mol. The molecule has 23 heavy (non-hydrogen) atoms. The van der Waals surface area contributed by atoms with Crippen LogP contribution in [0.2, 0.25) is 0 Å². The normalized spacial score (nSPS) is 15.1. The predicted molar refractivity (Wildman–Crippen MR) is 102 cm³/mol. The van der Waals surface area contributed by atoms with E-state index in [1.165, 1.54) is 16.3 Å². The molecule has 0 atom stereocenters. The fourth-order valence-electron chi connectivity index (χ4n) is 2.94. The Morgan fingerprint density at radius 2 is 1.74 bits per heavy atom. The van der Waals surface area contributed by atoms with Crippen molar-refractivity contribution in [2.75, 3.05) is 26.2 Å². The molecule has 0 aromatic heterocycles. The molecule has 128 valence electrons. The van der Waals surface area contributed by atoms with Gasteiger partial charge in [0, 0.05) is 38.3 Å². The number of halogens is 2. The maximum Gasteiger partial charge on any atom is 0.124 e. The fraction of sp³-hybridized carbons (Fsp3) is 0.444. The van der Waals surface area contributed by atoms with Gasteiger partial charge in [0.2, 0.25) is 0 Å². The smallest absolute Gasteiger partial charge is 0.124 e. The molecule has 1 N–H and O–H groups in total. The number of benzene rings is 2. The van der Waals surface area contributed by atoms with Gasteiger partial charge in [-0.1, -0.05) is 30.3 Å². The summed E-state index contributed by atoms with van der Waals surface area (Å²) in [6.45, 7) is 9.49. The second-order valence-electron chi connectivity index (χ2n) is 5.96. The number of piperazine rings is 1. The molecule has 0 radical (unpaired) electrons. The zero-order chi connectivity index (χ0) is 14.7. The van der Waals surface area contributed by atoms with Gasteiger partial charge in [-0.2, -0.15) is 0 Å². The molecule has 5 heteroatoms. The maximum absolute atomic E-state index is 6.05. The van der Waals surface area contributed by atoms with Gasteiger partial charge in [0.1, 0.15) is 5.75 Å². The Bertz CT molecular complexity index is 613. The van der Waals surface area contributed by atoms with Crippen molar-refractivity contribution in [1.29, 1.82) is 0 Å². The van der Waals surface area contributed by atoms with Crippen LogP contribution in [0.3, 0.4) is 0 Å². The van der Waals surface area contributed by atoms with Crippen LogP contribution in [-0.4, -0.2) is 37.2 Å². The van der Waals surface area contributed by atoms with Crippen LogP contribution in [-0.2, 0) is 6.54 Å². The summed E-state index contributed by atoms with van der Waals surface area (Å²) in [5.74, 6) is 1.03. The summed E-state index contributed by atoms with van der Waals surface area (Å²) >= 11 is 0. The SMILES string of the molecule is CC(C)Oc1ccc2ccccc2c1CN1CCNCC1.Cl.Cl. The molecule has 1 aliphatic heterocycles. The summed E-state index contributed by atoms with van der Waals surface area (Å²) in [4.78, 5) is 2.51. The topological polar surface area (TPSA) is 24.5 Å². The summed E-state index contributed by atoms with van der Waals surface area (Å²) in [5.41, 5.74) is 1.32. The van der Waals surface area contributed by atoms with Gasteiger partial charge < -0.3 is 10.1 Å². The third kappa shape index (κ3) is 4.98. The molecule has 0 spiro atoms. The molecule has 0 aliphatic carbocycles. The van der Waals surface area contributed by atoms with E-state index in [0.717, 1.165) is 38.5 Å². The average molecular weight is 357 g/mol. The molecule has 0 amide bonds. The van der Waals surface area contributed by atoms with E-state index in [1.807, 2.05) is 0 Å². The number of nitrogens with zero attached hydrogens (tertiary/aromatic N) is 1. The van der Waals surface area contributed by atoms with Crippen molar-refractivity contribution < 1.29 is 4.74 Å². The van der Waals surface area contributed by atoms with Crippen LogP contribution in [0, 0.1) is 0 Å². The van der Waals surface area contributed by atoms with Gasteiger partial charge in [0.05, 0.1) is 6.10 Å². The molecule has 1 saturated heterocycles. The van der Waals surface area contributed by atoms with Crippen molar-refractivity contribution in [2.24, 2.45) is 0 Å². The van der Waals surface area contributed by atoms with Crippen molar-refractivity contribution >= 4 is 35.6 Å². The largest absolute Gasteiger partial charge is 0.491 e. The lowest BCUT2D eigenvalue weighted by Crippen LogP contribution is -2.43. The van der Waals surface area contributed by atoms with Gasteiger partial charge in [-0.3, -0.25) is 4.90 Å². The standard InChI is InChI=1S/C18H24N2O.2ClH/c1-14(2)21-18-8-7-15-5-3-4-6-16(15)17(18)13-20-11-9-19-10-12-20;;/h3-8,14,19H,9-13H2,1-2H3;2*1H. The third-order valence-corrected chi connectivity index (χ3v) is 3.95. The number of hydrogen-bond acceptors (Lipinski definition) is 3. The number of rotatable bonds is 4. The summed E-state index contributed by atoms with van der Waals surface area (Å²) in [6, 6.07) is 12.9. The minimum atomic E-state index is 0. The first-order chi connectivity index (χ1) is 10.2. The van der Waals surface area contributed by atoms with E-state index >= 15 is 0 Å². The number of nitrogens with one attached hydrogen (secondary N) is 1. The molecule has 3 nitrogen and oxygen atoms in total. The summed E-state index contributed by atoms with van der Waals surface area (Å²) in [5, 5.41) is 6.02. The van der Waals surface area contributed by atoms with Crippen molar-refractivity contribution in [3.8, 4) is 5.75 Å². The highest BCUT2D eigenvalue weighted by Crippen LogP contribution is 2.30. The molecule has 0 saturated carbocycles. The lowest BCUT2D eigenvalue weighted by atomic mass is 10.0. The van der Waals surface area contributed by atoms with Crippen molar-refractivity contribution in [3.63, 3.8) is 0 Å². The van der Waals surface area contributed by atoms with Gasteiger partial charge in [0.25, 0.3) is 0 Å².